The number of halogens is 2. The fourth-order valence-corrected chi connectivity index (χ4v) is 2.28. The lowest BCUT2D eigenvalue weighted by Gasteiger charge is -2.16. The van der Waals surface area contributed by atoms with Crippen molar-refractivity contribution in [3.05, 3.63) is 26.2 Å². The molecule has 3 N–H and O–H groups in total. The standard InChI is InChI=1S/C12H14BrIN2O3/c1-2-8(6-11(17)18)15-12(19)16-10-5-7(13)3-4-9(10)14/h3-5,8H,2,6H2,1H3,(H,17,18)(H2,15,16,19). The van der Waals surface area contributed by atoms with Gasteiger partial charge in [-0.25, -0.2) is 4.79 Å². The maximum absolute atomic E-state index is 11.8. The van der Waals surface area contributed by atoms with Crippen LogP contribution in [0.4, 0.5) is 10.5 Å². The van der Waals surface area contributed by atoms with Gasteiger partial charge in [-0.15, -0.1) is 0 Å². The predicted octanol–water partition coefficient (Wildman–Crippen LogP) is 3.43. The maximum atomic E-state index is 11.8. The first kappa shape index (κ1) is 16.2. The van der Waals surface area contributed by atoms with Gasteiger partial charge >= 0.3 is 12.0 Å². The Bertz CT molecular complexity index is 482. The fraction of sp³-hybridized carbons (Fsp3) is 0.333. The molecule has 7 heteroatoms. The molecule has 0 aliphatic heterocycles. The average molecular weight is 441 g/mol. The Morgan fingerprint density at radius 1 is 1.47 bits per heavy atom. The molecule has 104 valence electrons. The van der Waals surface area contributed by atoms with Crippen LogP contribution in [0.25, 0.3) is 0 Å². The summed E-state index contributed by atoms with van der Waals surface area (Å²) in [5, 5.41) is 14.1. The lowest BCUT2D eigenvalue weighted by molar-refractivity contribution is -0.137. The summed E-state index contributed by atoms with van der Waals surface area (Å²) >= 11 is 5.45. The highest BCUT2D eigenvalue weighted by molar-refractivity contribution is 14.1. The quantitative estimate of drug-likeness (QED) is 0.614. The highest BCUT2D eigenvalue weighted by Gasteiger charge is 2.14. The maximum Gasteiger partial charge on any atom is 0.319 e. The summed E-state index contributed by atoms with van der Waals surface area (Å²) in [5.74, 6) is -0.927. The van der Waals surface area contributed by atoms with Gasteiger partial charge in [-0.2, -0.15) is 0 Å². The molecular formula is C12H14BrIN2O3. The number of carboxylic acids is 1. The fourth-order valence-electron chi connectivity index (χ4n) is 1.45. The van der Waals surface area contributed by atoms with Crippen molar-refractivity contribution in [1.82, 2.24) is 5.32 Å². The third-order valence-electron chi connectivity index (χ3n) is 2.43. The second-order valence-corrected chi connectivity index (χ2v) is 6.00. The molecular weight excluding hydrogens is 427 g/mol. The summed E-state index contributed by atoms with van der Waals surface area (Å²) in [6, 6.07) is 4.77. The van der Waals surface area contributed by atoms with Crippen molar-refractivity contribution in [3.8, 4) is 0 Å². The van der Waals surface area contributed by atoms with E-state index < -0.39 is 12.0 Å². The molecule has 0 fully saturated rings. The van der Waals surface area contributed by atoms with E-state index in [1.165, 1.54) is 0 Å². The number of urea groups is 1. The van der Waals surface area contributed by atoms with Crippen molar-refractivity contribution >= 4 is 56.2 Å². The van der Waals surface area contributed by atoms with Gasteiger partial charge in [0.2, 0.25) is 0 Å². The van der Waals surface area contributed by atoms with Gasteiger partial charge in [-0.05, 0) is 47.2 Å². The van der Waals surface area contributed by atoms with E-state index in [1.54, 1.807) is 6.07 Å². The van der Waals surface area contributed by atoms with E-state index in [2.05, 4.69) is 49.2 Å². The van der Waals surface area contributed by atoms with Gasteiger partial charge in [0.15, 0.2) is 0 Å². The number of anilines is 1. The minimum Gasteiger partial charge on any atom is -0.481 e. The van der Waals surface area contributed by atoms with Crippen LogP contribution in [0.2, 0.25) is 0 Å². The zero-order valence-corrected chi connectivity index (χ0v) is 14.0. The number of aliphatic carboxylic acids is 1. The molecule has 0 spiro atoms. The van der Waals surface area contributed by atoms with Crippen molar-refractivity contribution in [2.75, 3.05) is 5.32 Å². The number of benzene rings is 1. The molecule has 0 radical (unpaired) electrons. The molecule has 0 bridgehead atoms. The molecule has 5 nitrogen and oxygen atoms in total. The molecule has 0 aliphatic carbocycles. The molecule has 2 amide bonds. The summed E-state index contributed by atoms with van der Waals surface area (Å²) in [4.78, 5) is 22.4. The van der Waals surface area contributed by atoms with Gasteiger partial charge in [-0.1, -0.05) is 22.9 Å². The molecule has 0 heterocycles. The minimum atomic E-state index is -0.927. The Morgan fingerprint density at radius 2 is 2.16 bits per heavy atom. The number of amides is 2. The van der Waals surface area contributed by atoms with Gasteiger partial charge in [0, 0.05) is 14.1 Å². The zero-order chi connectivity index (χ0) is 14.4. The van der Waals surface area contributed by atoms with Crippen LogP contribution in [0.15, 0.2) is 22.7 Å². The second kappa shape index (κ2) is 7.68. The Labute approximate surface area is 133 Å². The van der Waals surface area contributed by atoms with E-state index in [0.717, 1.165) is 8.04 Å². The van der Waals surface area contributed by atoms with Crippen LogP contribution < -0.4 is 10.6 Å². The van der Waals surface area contributed by atoms with Gasteiger partial charge in [0.05, 0.1) is 12.1 Å². The molecule has 0 saturated carbocycles. The van der Waals surface area contributed by atoms with Gasteiger partial charge in [0.25, 0.3) is 0 Å². The Morgan fingerprint density at radius 3 is 2.74 bits per heavy atom. The second-order valence-electron chi connectivity index (χ2n) is 3.93. The number of carbonyl (C=O) groups excluding carboxylic acids is 1. The van der Waals surface area contributed by atoms with Crippen molar-refractivity contribution < 1.29 is 14.7 Å². The minimum absolute atomic E-state index is 0.0838. The van der Waals surface area contributed by atoms with Crippen molar-refractivity contribution in [2.45, 2.75) is 25.8 Å². The Hall–Kier alpha value is -0.830. The first-order valence-electron chi connectivity index (χ1n) is 5.66. The molecule has 0 aromatic heterocycles. The van der Waals surface area contributed by atoms with Gasteiger partial charge < -0.3 is 15.7 Å². The SMILES string of the molecule is CCC(CC(=O)O)NC(=O)Nc1cc(Br)ccc1I. The number of hydrogen-bond donors (Lipinski definition) is 3. The largest absolute Gasteiger partial charge is 0.481 e. The Kier molecular flexibility index (Phi) is 6.56. The van der Waals surface area contributed by atoms with E-state index in [4.69, 9.17) is 5.11 Å². The van der Waals surface area contributed by atoms with Crippen LogP contribution in [0.1, 0.15) is 19.8 Å². The van der Waals surface area contributed by atoms with Crippen LogP contribution in [-0.4, -0.2) is 23.1 Å². The highest BCUT2D eigenvalue weighted by atomic mass is 127. The van der Waals surface area contributed by atoms with Crippen molar-refractivity contribution in [1.29, 1.82) is 0 Å². The van der Waals surface area contributed by atoms with Crippen molar-refractivity contribution in [2.24, 2.45) is 0 Å². The van der Waals surface area contributed by atoms with E-state index in [0.29, 0.717) is 12.1 Å². The Balaban J connectivity index is 2.63. The lowest BCUT2D eigenvalue weighted by atomic mass is 10.1. The van der Waals surface area contributed by atoms with Gasteiger partial charge in [0.1, 0.15) is 0 Å². The summed E-state index contributed by atoms with van der Waals surface area (Å²) in [6.45, 7) is 1.83. The van der Waals surface area contributed by atoms with Crippen LogP contribution in [0, 0.1) is 3.57 Å². The lowest BCUT2D eigenvalue weighted by Crippen LogP contribution is -2.39. The van der Waals surface area contributed by atoms with Gasteiger partial charge in [-0.3, -0.25) is 4.79 Å². The zero-order valence-electron chi connectivity index (χ0n) is 10.2. The number of hydrogen-bond acceptors (Lipinski definition) is 2. The van der Waals surface area contributed by atoms with Crippen LogP contribution in [-0.2, 0) is 4.79 Å². The van der Waals surface area contributed by atoms with Crippen LogP contribution in [0.3, 0.4) is 0 Å². The topological polar surface area (TPSA) is 78.4 Å². The highest BCUT2D eigenvalue weighted by Crippen LogP contribution is 2.22. The van der Waals surface area contributed by atoms with Crippen LogP contribution in [0.5, 0.6) is 0 Å². The molecule has 1 unspecified atom stereocenters. The van der Waals surface area contributed by atoms with E-state index in [1.807, 2.05) is 19.1 Å². The average Bonchev–Trinajstić information content (AvgIpc) is 2.32. The normalized spacial score (nSPS) is 11.7. The first-order valence-corrected chi connectivity index (χ1v) is 7.54. The summed E-state index contributed by atoms with van der Waals surface area (Å²) in [6.07, 6.45) is 0.481. The number of rotatable bonds is 5. The van der Waals surface area contributed by atoms with E-state index in [9.17, 15) is 9.59 Å². The number of carbonyl (C=O) groups is 2. The molecule has 0 saturated heterocycles. The third kappa shape index (κ3) is 5.77. The molecule has 1 atom stereocenters. The summed E-state index contributed by atoms with van der Waals surface area (Å²) in [7, 11) is 0. The molecule has 0 aliphatic rings. The van der Waals surface area contributed by atoms with Crippen LogP contribution >= 0.6 is 38.5 Å². The summed E-state index contributed by atoms with van der Waals surface area (Å²) in [5.41, 5.74) is 0.678. The summed E-state index contributed by atoms with van der Waals surface area (Å²) < 4.78 is 1.77. The molecule has 1 rings (SSSR count). The van der Waals surface area contributed by atoms with Crippen molar-refractivity contribution in [3.63, 3.8) is 0 Å². The predicted molar refractivity (Wildman–Crippen MR) is 85.3 cm³/mol. The van der Waals surface area contributed by atoms with E-state index >= 15 is 0 Å². The molecule has 19 heavy (non-hydrogen) atoms. The molecule has 1 aromatic carbocycles. The smallest absolute Gasteiger partial charge is 0.319 e. The number of nitrogens with one attached hydrogen (secondary N) is 2. The monoisotopic (exact) mass is 440 g/mol. The molecule has 1 aromatic rings. The number of carboxylic acid groups (broad SMARTS) is 1. The van der Waals surface area contributed by atoms with E-state index in [-0.39, 0.29) is 12.5 Å². The first-order chi connectivity index (χ1) is 8.92. The third-order valence-corrected chi connectivity index (χ3v) is 3.86.